The molecule has 0 unspecified atom stereocenters. The van der Waals surface area contributed by atoms with Crippen molar-refractivity contribution in [3.8, 4) is 5.75 Å². The molecule has 6 nitrogen and oxygen atoms in total. The van der Waals surface area contributed by atoms with E-state index in [0.717, 1.165) is 0 Å². The Morgan fingerprint density at radius 1 is 1.50 bits per heavy atom. The Morgan fingerprint density at radius 3 is 2.83 bits per heavy atom. The Balaban J connectivity index is 2.58. The number of hydrogen-bond acceptors (Lipinski definition) is 4. The summed E-state index contributed by atoms with van der Waals surface area (Å²) >= 11 is 0. The van der Waals surface area contributed by atoms with Crippen LogP contribution in [0.5, 0.6) is 5.75 Å². The highest BCUT2D eigenvalue weighted by Crippen LogP contribution is 2.36. The van der Waals surface area contributed by atoms with Gasteiger partial charge in [-0.1, -0.05) is 6.07 Å². The quantitative estimate of drug-likeness (QED) is 0.884. The monoisotopic (exact) mass is 271 g/mol. The number of carboxylic acids is 1. The Kier molecular flexibility index (Phi) is 3.16. The van der Waals surface area contributed by atoms with Gasteiger partial charge in [-0.2, -0.15) is 0 Å². The molecule has 1 aromatic carbocycles. The average molecular weight is 271 g/mol. The maximum atomic E-state index is 11.9. The van der Waals surface area contributed by atoms with E-state index >= 15 is 0 Å². The molecule has 0 amide bonds. The summed E-state index contributed by atoms with van der Waals surface area (Å²) in [7, 11) is -3.42. The fraction of sp³-hybridized carbons (Fsp3) is 0.364. The maximum Gasteiger partial charge on any atom is 0.339 e. The molecule has 0 fully saturated rings. The van der Waals surface area contributed by atoms with E-state index in [9.17, 15) is 13.2 Å². The van der Waals surface area contributed by atoms with Crippen molar-refractivity contribution in [3.63, 3.8) is 0 Å². The largest absolute Gasteiger partial charge is 0.489 e. The highest BCUT2D eigenvalue weighted by molar-refractivity contribution is 7.92. The standard InChI is InChI=1S/C11H13NO5S/c1-2-18(15,16)12-6-7-17-10-8(11(13)14)4-3-5-9(10)12/h3-5H,2,6-7H2,1H3,(H,13,14). The number of rotatable bonds is 3. The zero-order chi connectivity index (χ0) is 13.3. The molecule has 0 saturated carbocycles. The van der Waals surface area contributed by atoms with Crippen LogP contribution >= 0.6 is 0 Å². The number of sulfonamides is 1. The lowest BCUT2D eigenvalue weighted by Gasteiger charge is -2.30. The van der Waals surface area contributed by atoms with Gasteiger partial charge in [0.05, 0.1) is 18.0 Å². The third-order valence-corrected chi connectivity index (χ3v) is 4.52. The second-order valence-electron chi connectivity index (χ2n) is 3.78. The minimum Gasteiger partial charge on any atom is -0.489 e. The normalized spacial score (nSPS) is 14.8. The van der Waals surface area contributed by atoms with Gasteiger partial charge in [0.15, 0.2) is 5.75 Å². The molecule has 0 aliphatic carbocycles. The molecule has 0 atom stereocenters. The van der Waals surface area contributed by atoms with Crippen LogP contribution in [0.1, 0.15) is 17.3 Å². The number of anilines is 1. The minimum absolute atomic E-state index is 0.0245. The van der Waals surface area contributed by atoms with Gasteiger partial charge in [0.25, 0.3) is 0 Å². The van der Waals surface area contributed by atoms with Gasteiger partial charge in [-0.15, -0.1) is 0 Å². The minimum atomic E-state index is -3.42. The lowest BCUT2D eigenvalue weighted by atomic mass is 10.1. The van der Waals surface area contributed by atoms with Crippen molar-refractivity contribution in [2.75, 3.05) is 23.2 Å². The smallest absolute Gasteiger partial charge is 0.339 e. The Hall–Kier alpha value is -1.76. The highest BCUT2D eigenvalue weighted by Gasteiger charge is 2.29. The Bertz CT molecular complexity index is 581. The number of hydrogen-bond donors (Lipinski definition) is 1. The van der Waals surface area contributed by atoms with Crippen molar-refractivity contribution >= 4 is 21.7 Å². The van der Waals surface area contributed by atoms with Crippen molar-refractivity contribution in [3.05, 3.63) is 23.8 Å². The molecule has 0 aromatic heterocycles. The van der Waals surface area contributed by atoms with Crippen LogP contribution in [0.15, 0.2) is 18.2 Å². The Labute approximate surface area is 105 Å². The van der Waals surface area contributed by atoms with E-state index in [1.807, 2.05) is 0 Å². The van der Waals surface area contributed by atoms with Crippen LogP contribution in [0.4, 0.5) is 5.69 Å². The molecule has 1 aliphatic rings. The van der Waals surface area contributed by atoms with Gasteiger partial charge in [0.2, 0.25) is 10.0 Å². The van der Waals surface area contributed by atoms with E-state index in [4.69, 9.17) is 9.84 Å². The van der Waals surface area contributed by atoms with Crippen molar-refractivity contribution in [1.29, 1.82) is 0 Å². The molecule has 1 heterocycles. The number of benzene rings is 1. The number of ether oxygens (including phenoxy) is 1. The molecule has 0 radical (unpaired) electrons. The molecule has 1 aromatic rings. The molecule has 18 heavy (non-hydrogen) atoms. The van der Waals surface area contributed by atoms with Crippen LogP contribution < -0.4 is 9.04 Å². The summed E-state index contributed by atoms with van der Waals surface area (Å²) in [4.78, 5) is 11.1. The second kappa shape index (κ2) is 4.49. The van der Waals surface area contributed by atoms with Crippen LogP contribution in [-0.2, 0) is 10.0 Å². The summed E-state index contributed by atoms with van der Waals surface area (Å²) < 4.78 is 30.3. The van der Waals surface area contributed by atoms with E-state index in [2.05, 4.69) is 0 Å². The van der Waals surface area contributed by atoms with Crippen molar-refractivity contribution < 1.29 is 23.1 Å². The number of fused-ring (bicyclic) bond motifs is 1. The van der Waals surface area contributed by atoms with Crippen LogP contribution in [0.25, 0.3) is 0 Å². The van der Waals surface area contributed by atoms with Gasteiger partial charge in [-0.3, -0.25) is 4.31 Å². The van der Waals surface area contributed by atoms with Crippen molar-refractivity contribution in [2.45, 2.75) is 6.92 Å². The predicted molar refractivity (Wildman–Crippen MR) is 65.7 cm³/mol. The van der Waals surface area contributed by atoms with Gasteiger partial charge in [0.1, 0.15) is 12.2 Å². The first-order valence-corrected chi connectivity index (χ1v) is 7.08. The third-order valence-electron chi connectivity index (χ3n) is 2.73. The third kappa shape index (κ3) is 2.01. The van der Waals surface area contributed by atoms with Crippen LogP contribution in [-0.4, -0.2) is 38.4 Å². The molecule has 98 valence electrons. The van der Waals surface area contributed by atoms with Gasteiger partial charge in [-0.05, 0) is 19.1 Å². The van der Waals surface area contributed by atoms with Crippen molar-refractivity contribution in [1.82, 2.24) is 0 Å². The lowest BCUT2D eigenvalue weighted by Crippen LogP contribution is -2.39. The van der Waals surface area contributed by atoms with E-state index in [-0.39, 0.29) is 30.2 Å². The topological polar surface area (TPSA) is 83.9 Å². The van der Waals surface area contributed by atoms with Gasteiger partial charge >= 0.3 is 5.97 Å². The summed E-state index contributed by atoms with van der Waals surface area (Å²) in [6.45, 7) is 1.90. The van der Waals surface area contributed by atoms with Gasteiger partial charge in [0, 0.05) is 0 Å². The molecule has 0 spiro atoms. The molecular formula is C11H13NO5S. The molecule has 1 aliphatic heterocycles. The molecule has 2 rings (SSSR count). The number of para-hydroxylation sites is 1. The first-order valence-electron chi connectivity index (χ1n) is 5.47. The number of carboxylic acid groups (broad SMARTS) is 1. The zero-order valence-corrected chi connectivity index (χ0v) is 10.6. The summed E-state index contributed by atoms with van der Waals surface area (Å²) in [5.74, 6) is -1.06. The van der Waals surface area contributed by atoms with E-state index < -0.39 is 16.0 Å². The second-order valence-corrected chi connectivity index (χ2v) is 5.96. The molecule has 0 bridgehead atoms. The number of nitrogens with zero attached hydrogens (tertiary/aromatic N) is 1. The Morgan fingerprint density at radius 2 is 2.22 bits per heavy atom. The number of carbonyl (C=O) groups is 1. The zero-order valence-electron chi connectivity index (χ0n) is 9.79. The van der Waals surface area contributed by atoms with Crippen LogP contribution in [0.2, 0.25) is 0 Å². The highest BCUT2D eigenvalue weighted by atomic mass is 32.2. The molecular weight excluding hydrogens is 258 g/mol. The first kappa shape index (κ1) is 12.7. The summed E-state index contributed by atoms with van der Waals surface area (Å²) in [6.07, 6.45) is 0. The summed E-state index contributed by atoms with van der Waals surface area (Å²) in [5.41, 5.74) is 0.270. The lowest BCUT2D eigenvalue weighted by molar-refractivity contribution is 0.0692. The van der Waals surface area contributed by atoms with E-state index in [1.54, 1.807) is 13.0 Å². The van der Waals surface area contributed by atoms with E-state index in [0.29, 0.717) is 5.69 Å². The van der Waals surface area contributed by atoms with Crippen molar-refractivity contribution in [2.24, 2.45) is 0 Å². The average Bonchev–Trinajstić information content (AvgIpc) is 2.37. The van der Waals surface area contributed by atoms with Gasteiger partial charge < -0.3 is 9.84 Å². The van der Waals surface area contributed by atoms with Crippen LogP contribution in [0, 0.1) is 0 Å². The van der Waals surface area contributed by atoms with Gasteiger partial charge in [-0.25, -0.2) is 13.2 Å². The summed E-state index contributed by atoms with van der Waals surface area (Å²) in [5, 5.41) is 9.04. The molecule has 1 N–H and O–H groups in total. The van der Waals surface area contributed by atoms with Crippen LogP contribution in [0.3, 0.4) is 0 Å². The molecule has 0 saturated heterocycles. The predicted octanol–water partition coefficient (Wildman–Crippen LogP) is 0.933. The SMILES string of the molecule is CCS(=O)(=O)N1CCOc2c(C(=O)O)cccc21. The fourth-order valence-electron chi connectivity index (χ4n) is 1.84. The molecule has 7 heteroatoms. The fourth-order valence-corrected chi connectivity index (χ4v) is 2.95. The number of aromatic carboxylic acids is 1. The summed E-state index contributed by atoms with van der Waals surface area (Å²) in [6, 6.07) is 4.45. The van der Waals surface area contributed by atoms with E-state index in [1.165, 1.54) is 16.4 Å². The first-order chi connectivity index (χ1) is 8.47. The maximum absolute atomic E-state index is 11.9.